The zero-order valence-corrected chi connectivity index (χ0v) is 51.8. The molecule has 4 aliphatic rings. The largest absolute Gasteiger partial charge is 0.457 e. The summed E-state index contributed by atoms with van der Waals surface area (Å²) < 4.78 is 14.6. The molecule has 16 aromatic carbocycles. The lowest BCUT2D eigenvalue weighted by atomic mass is 9.62. The first-order valence-electron chi connectivity index (χ1n) is 33.1. The molecule has 442 valence electrons. The van der Waals surface area contributed by atoms with Gasteiger partial charge in [-0.2, -0.15) is 0 Å². The first-order chi connectivity index (χ1) is 47.2. The zero-order valence-electron chi connectivity index (χ0n) is 51.8. The first kappa shape index (κ1) is 53.6. The second kappa shape index (κ2) is 20.4. The average Bonchev–Trinajstić information content (AvgIpc) is 1.56. The van der Waals surface area contributed by atoms with Crippen LogP contribution in [0.2, 0.25) is 0 Å². The minimum atomic E-state index is -0.797. The summed E-state index contributed by atoms with van der Waals surface area (Å²) in [5.74, 6) is 3.34. The van der Waals surface area contributed by atoms with E-state index in [1.807, 2.05) is 0 Å². The molecule has 2 heteroatoms. The molecular formula is C93H58O2. The SMILES string of the molecule is c1ccc(C2(c3ccccc3)c3ccccc3Oc3cccc(-c4cccc5c(-c6cc7ccccc7c7c6C6(c8ccccc8-c8ccccc86)c6ccccc6-7)c6cccc(-c7cccc8c7C(c7ccccc7)(c7ccccc7)c7ccccc7O8)c6cc45)c32)cc1. The summed E-state index contributed by atoms with van der Waals surface area (Å²) in [4.78, 5) is 0. The Kier molecular flexibility index (Phi) is 11.5. The van der Waals surface area contributed by atoms with Crippen LogP contribution in [0.3, 0.4) is 0 Å². The van der Waals surface area contributed by atoms with Gasteiger partial charge in [-0.05, 0) is 169 Å². The summed E-state index contributed by atoms with van der Waals surface area (Å²) in [5, 5.41) is 7.01. The highest BCUT2D eigenvalue weighted by molar-refractivity contribution is 6.22. The van der Waals surface area contributed by atoms with Crippen LogP contribution < -0.4 is 9.47 Å². The molecule has 0 amide bonds. The number of hydrogen-bond acceptors (Lipinski definition) is 2. The molecule has 0 unspecified atom stereocenters. The van der Waals surface area contributed by atoms with E-state index < -0.39 is 16.2 Å². The Morgan fingerprint density at radius 3 is 0.989 bits per heavy atom. The summed E-state index contributed by atoms with van der Waals surface area (Å²) in [6.07, 6.45) is 0. The van der Waals surface area contributed by atoms with Gasteiger partial charge in [0.2, 0.25) is 0 Å². The number of ether oxygens (including phenoxy) is 2. The van der Waals surface area contributed by atoms with Gasteiger partial charge in [0.15, 0.2) is 0 Å². The molecule has 0 atom stereocenters. The fourth-order valence-corrected chi connectivity index (χ4v) is 18.1. The molecule has 2 aliphatic carbocycles. The van der Waals surface area contributed by atoms with E-state index in [9.17, 15) is 0 Å². The van der Waals surface area contributed by atoms with Crippen LogP contribution in [0.15, 0.2) is 352 Å². The van der Waals surface area contributed by atoms with Crippen molar-refractivity contribution in [2.45, 2.75) is 16.2 Å². The van der Waals surface area contributed by atoms with E-state index in [-0.39, 0.29) is 0 Å². The number of rotatable bonds is 7. The van der Waals surface area contributed by atoms with Crippen molar-refractivity contribution >= 4 is 32.3 Å². The third-order valence-electron chi connectivity index (χ3n) is 21.5. The molecule has 2 aliphatic heterocycles. The normalized spacial score (nSPS) is 14.3. The van der Waals surface area contributed by atoms with Crippen molar-refractivity contribution < 1.29 is 9.47 Å². The Morgan fingerprint density at radius 1 is 0.179 bits per heavy atom. The van der Waals surface area contributed by atoms with E-state index in [4.69, 9.17) is 9.47 Å². The zero-order chi connectivity index (χ0) is 62.4. The van der Waals surface area contributed by atoms with Gasteiger partial charge in [0.05, 0.1) is 16.2 Å². The van der Waals surface area contributed by atoms with Crippen molar-refractivity contribution in [3.63, 3.8) is 0 Å². The first-order valence-corrected chi connectivity index (χ1v) is 33.1. The maximum atomic E-state index is 7.28. The molecule has 0 fully saturated rings. The van der Waals surface area contributed by atoms with Gasteiger partial charge >= 0.3 is 0 Å². The number of para-hydroxylation sites is 2. The molecule has 16 aromatic rings. The minimum absolute atomic E-state index is 0.676. The van der Waals surface area contributed by atoms with Crippen molar-refractivity contribution in [1.29, 1.82) is 0 Å². The predicted molar refractivity (Wildman–Crippen MR) is 388 cm³/mol. The number of benzene rings is 16. The third kappa shape index (κ3) is 7.18. The molecule has 0 saturated heterocycles. The smallest absolute Gasteiger partial charge is 0.132 e. The molecule has 0 aromatic heterocycles. The Balaban J connectivity index is 0.974. The fraction of sp³-hybridized carbons (Fsp3) is 0.0323. The molecule has 95 heavy (non-hydrogen) atoms. The predicted octanol–water partition coefficient (Wildman–Crippen LogP) is 23.5. The van der Waals surface area contributed by atoms with E-state index in [0.29, 0.717) is 0 Å². The van der Waals surface area contributed by atoms with Crippen LogP contribution in [0, 0.1) is 0 Å². The van der Waals surface area contributed by atoms with Crippen LogP contribution in [0.4, 0.5) is 0 Å². The average molecular weight is 1210 g/mol. The van der Waals surface area contributed by atoms with Crippen LogP contribution >= 0.6 is 0 Å². The Labute approximate surface area is 551 Å². The number of hydrogen-bond donors (Lipinski definition) is 0. The monoisotopic (exact) mass is 1210 g/mol. The lowest BCUT2D eigenvalue weighted by molar-refractivity contribution is 0.435. The van der Waals surface area contributed by atoms with Crippen LogP contribution in [0.5, 0.6) is 23.0 Å². The fourth-order valence-electron chi connectivity index (χ4n) is 18.1. The molecule has 20 rings (SSSR count). The standard InChI is InChI=1S/C93H58O2/c1-5-30-60(31-6-1)91(61-32-7-2-8-33-61)80-51-21-23-53-82(80)94-84-55-27-46-71(88(84)91)65-42-25-44-69-74(65)58-75-66(72-47-28-56-85-89(72)92(62-34-9-3-10-35-62,63-36-11-4-12-37-63)81-52-22-24-54-83(81)95-85)43-26-45-70(75)86(69)76-57-59-29-13-14-38-64(59)87-73-41-17-20-50-79(73)93(90(76)87)77-48-18-15-39-67(77)68-40-16-19-49-78(68)93/h1-58H. The second-order valence-corrected chi connectivity index (χ2v) is 25.9. The van der Waals surface area contributed by atoms with Gasteiger partial charge in [-0.15, -0.1) is 0 Å². The summed E-state index contributed by atoms with van der Waals surface area (Å²) in [6, 6.07) is 131. The molecular weight excluding hydrogens is 1150 g/mol. The Morgan fingerprint density at radius 2 is 0.516 bits per heavy atom. The maximum absolute atomic E-state index is 7.28. The lowest BCUT2D eigenvalue weighted by Crippen LogP contribution is -2.34. The molecule has 1 spiro atoms. The van der Waals surface area contributed by atoms with Crippen molar-refractivity contribution in [3.8, 4) is 78.6 Å². The molecule has 0 saturated carbocycles. The van der Waals surface area contributed by atoms with Crippen molar-refractivity contribution in [1.82, 2.24) is 0 Å². The van der Waals surface area contributed by atoms with Gasteiger partial charge in [0, 0.05) is 22.3 Å². The van der Waals surface area contributed by atoms with Gasteiger partial charge in [0.25, 0.3) is 0 Å². The summed E-state index contributed by atoms with van der Waals surface area (Å²) in [5.41, 5.74) is 23.9. The highest BCUT2D eigenvalue weighted by Gasteiger charge is 2.54. The molecule has 2 nitrogen and oxygen atoms in total. The highest BCUT2D eigenvalue weighted by Crippen LogP contribution is 2.67. The van der Waals surface area contributed by atoms with Crippen LogP contribution in [-0.2, 0) is 16.2 Å². The maximum Gasteiger partial charge on any atom is 0.132 e. The van der Waals surface area contributed by atoms with Gasteiger partial charge in [0.1, 0.15) is 23.0 Å². The van der Waals surface area contributed by atoms with Crippen LogP contribution in [0.25, 0.3) is 88.0 Å². The summed E-state index contributed by atoms with van der Waals surface area (Å²) in [6.45, 7) is 0. The molecule has 0 radical (unpaired) electrons. The summed E-state index contributed by atoms with van der Waals surface area (Å²) in [7, 11) is 0. The highest BCUT2D eigenvalue weighted by atomic mass is 16.5. The Bertz CT molecular complexity index is 5480. The van der Waals surface area contributed by atoms with E-state index in [1.165, 1.54) is 66.4 Å². The molecule has 2 heterocycles. The molecule has 0 bridgehead atoms. The van der Waals surface area contributed by atoms with E-state index >= 15 is 0 Å². The van der Waals surface area contributed by atoms with E-state index in [0.717, 1.165) is 111 Å². The third-order valence-corrected chi connectivity index (χ3v) is 21.5. The van der Waals surface area contributed by atoms with Crippen molar-refractivity contribution in [2.75, 3.05) is 0 Å². The van der Waals surface area contributed by atoms with Crippen molar-refractivity contribution in [2.24, 2.45) is 0 Å². The van der Waals surface area contributed by atoms with Gasteiger partial charge in [-0.3, -0.25) is 0 Å². The quantitative estimate of drug-likeness (QED) is 0.148. The minimum Gasteiger partial charge on any atom is -0.457 e. The van der Waals surface area contributed by atoms with E-state index in [1.54, 1.807) is 0 Å². The molecule has 0 N–H and O–H groups in total. The van der Waals surface area contributed by atoms with E-state index in [2.05, 4.69) is 352 Å². The number of fused-ring (bicyclic) bond motifs is 18. The second-order valence-electron chi connectivity index (χ2n) is 25.9. The van der Waals surface area contributed by atoms with Gasteiger partial charge in [-0.25, -0.2) is 0 Å². The summed E-state index contributed by atoms with van der Waals surface area (Å²) >= 11 is 0. The lowest BCUT2D eigenvalue weighted by Gasteiger charge is -2.43. The topological polar surface area (TPSA) is 18.5 Å². The van der Waals surface area contributed by atoms with Crippen LogP contribution in [-0.4, -0.2) is 0 Å². The Hall–Kier alpha value is -12.1. The van der Waals surface area contributed by atoms with Gasteiger partial charge in [-0.1, -0.05) is 315 Å². The van der Waals surface area contributed by atoms with Gasteiger partial charge < -0.3 is 9.47 Å². The van der Waals surface area contributed by atoms with Crippen LogP contribution in [0.1, 0.15) is 66.8 Å². The van der Waals surface area contributed by atoms with Crippen molar-refractivity contribution in [3.05, 3.63) is 419 Å².